The smallest absolute Gasteiger partial charge is 0.240 e. The van der Waals surface area contributed by atoms with Crippen molar-refractivity contribution in [2.75, 3.05) is 6.54 Å². The van der Waals surface area contributed by atoms with Crippen LogP contribution in [0.2, 0.25) is 0 Å². The SMILES string of the molecule is CCC(=O)N1CC[CH]CC1C(N)=O. The number of hydrogen-bond acceptors (Lipinski definition) is 2. The Morgan fingerprint density at radius 1 is 1.62 bits per heavy atom. The molecule has 13 heavy (non-hydrogen) atoms. The minimum absolute atomic E-state index is 0.0110. The van der Waals surface area contributed by atoms with Gasteiger partial charge >= 0.3 is 0 Å². The number of piperidine rings is 1. The number of nitrogens with zero attached hydrogens (tertiary/aromatic N) is 1. The molecule has 0 saturated carbocycles. The third-order valence-electron chi connectivity index (χ3n) is 2.29. The summed E-state index contributed by atoms with van der Waals surface area (Å²) in [5, 5.41) is 0. The number of rotatable bonds is 2. The van der Waals surface area contributed by atoms with Crippen molar-refractivity contribution in [3.8, 4) is 0 Å². The largest absolute Gasteiger partial charge is 0.368 e. The number of hydrogen-bond donors (Lipinski definition) is 1. The van der Waals surface area contributed by atoms with Gasteiger partial charge in [-0.3, -0.25) is 9.59 Å². The number of amides is 2. The van der Waals surface area contributed by atoms with Crippen LogP contribution in [0.3, 0.4) is 0 Å². The van der Waals surface area contributed by atoms with Crippen molar-refractivity contribution in [3.63, 3.8) is 0 Å². The maximum Gasteiger partial charge on any atom is 0.240 e. The van der Waals surface area contributed by atoms with Gasteiger partial charge in [0.1, 0.15) is 6.04 Å². The lowest BCUT2D eigenvalue weighted by Gasteiger charge is -2.33. The van der Waals surface area contributed by atoms with Crippen molar-refractivity contribution in [1.29, 1.82) is 0 Å². The zero-order valence-electron chi connectivity index (χ0n) is 7.82. The molecule has 2 amide bonds. The summed E-state index contributed by atoms with van der Waals surface area (Å²) in [5.41, 5.74) is 5.20. The zero-order valence-corrected chi connectivity index (χ0v) is 7.82. The van der Waals surface area contributed by atoms with Crippen molar-refractivity contribution in [2.45, 2.75) is 32.2 Å². The van der Waals surface area contributed by atoms with Crippen LogP contribution in [-0.2, 0) is 9.59 Å². The van der Waals surface area contributed by atoms with Crippen molar-refractivity contribution in [1.82, 2.24) is 4.90 Å². The molecule has 73 valence electrons. The van der Waals surface area contributed by atoms with E-state index in [0.29, 0.717) is 19.4 Å². The number of primary amides is 1. The van der Waals surface area contributed by atoms with Gasteiger partial charge in [0.25, 0.3) is 0 Å². The summed E-state index contributed by atoms with van der Waals surface area (Å²) in [6, 6.07) is -0.416. The quantitative estimate of drug-likeness (QED) is 0.658. The van der Waals surface area contributed by atoms with Gasteiger partial charge in [0.05, 0.1) is 0 Å². The lowest BCUT2D eigenvalue weighted by molar-refractivity contribution is -0.140. The molecule has 0 aliphatic carbocycles. The molecular weight excluding hydrogens is 168 g/mol. The van der Waals surface area contributed by atoms with Crippen molar-refractivity contribution in [3.05, 3.63) is 6.42 Å². The molecule has 1 rings (SSSR count). The van der Waals surface area contributed by atoms with E-state index in [1.807, 2.05) is 6.42 Å². The normalized spacial score (nSPS) is 22.8. The van der Waals surface area contributed by atoms with Crippen LogP contribution in [0.25, 0.3) is 0 Å². The molecular formula is C9H15N2O2. The molecule has 2 N–H and O–H groups in total. The minimum atomic E-state index is -0.416. The van der Waals surface area contributed by atoms with Gasteiger partial charge in [-0.15, -0.1) is 0 Å². The first-order valence-electron chi connectivity index (χ1n) is 4.57. The van der Waals surface area contributed by atoms with Gasteiger partial charge < -0.3 is 10.6 Å². The van der Waals surface area contributed by atoms with Crippen molar-refractivity contribution < 1.29 is 9.59 Å². The van der Waals surface area contributed by atoms with Gasteiger partial charge in [0, 0.05) is 13.0 Å². The number of likely N-dealkylation sites (tertiary alicyclic amines) is 1. The van der Waals surface area contributed by atoms with Gasteiger partial charge in [0.15, 0.2) is 0 Å². The van der Waals surface area contributed by atoms with E-state index >= 15 is 0 Å². The van der Waals surface area contributed by atoms with E-state index < -0.39 is 11.9 Å². The van der Waals surface area contributed by atoms with Crippen LogP contribution in [0.1, 0.15) is 26.2 Å². The van der Waals surface area contributed by atoms with Crippen LogP contribution in [0.5, 0.6) is 0 Å². The Hall–Kier alpha value is -1.06. The van der Waals surface area contributed by atoms with E-state index in [0.717, 1.165) is 6.42 Å². The molecule has 0 aromatic rings. The molecule has 0 spiro atoms. The van der Waals surface area contributed by atoms with E-state index in [9.17, 15) is 9.59 Å². The molecule has 1 aliphatic rings. The molecule has 0 aromatic carbocycles. The molecule has 0 bridgehead atoms. The molecule has 1 unspecified atom stereocenters. The van der Waals surface area contributed by atoms with Crippen LogP contribution in [0.15, 0.2) is 0 Å². The first kappa shape index (κ1) is 10.0. The van der Waals surface area contributed by atoms with Crippen LogP contribution in [0, 0.1) is 6.42 Å². The average molecular weight is 183 g/mol. The fraction of sp³-hybridized carbons (Fsp3) is 0.667. The Morgan fingerprint density at radius 2 is 2.31 bits per heavy atom. The first-order chi connectivity index (χ1) is 6.16. The summed E-state index contributed by atoms with van der Waals surface area (Å²) in [7, 11) is 0. The minimum Gasteiger partial charge on any atom is -0.368 e. The summed E-state index contributed by atoms with van der Waals surface area (Å²) in [6.07, 6.45) is 3.90. The highest BCUT2D eigenvalue weighted by Crippen LogP contribution is 2.16. The second-order valence-electron chi connectivity index (χ2n) is 3.17. The van der Waals surface area contributed by atoms with E-state index in [4.69, 9.17) is 5.73 Å². The first-order valence-corrected chi connectivity index (χ1v) is 4.57. The predicted molar refractivity (Wildman–Crippen MR) is 48.5 cm³/mol. The summed E-state index contributed by atoms with van der Waals surface area (Å²) in [6.45, 7) is 2.42. The van der Waals surface area contributed by atoms with Crippen molar-refractivity contribution in [2.24, 2.45) is 5.73 Å². The molecule has 0 aromatic heterocycles. The summed E-state index contributed by atoms with van der Waals surface area (Å²) < 4.78 is 0. The number of carbonyl (C=O) groups is 2. The maximum absolute atomic E-state index is 11.4. The van der Waals surface area contributed by atoms with Gasteiger partial charge in [-0.05, 0) is 19.3 Å². The van der Waals surface area contributed by atoms with Crippen LogP contribution >= 0.6 is 0 Å². The highest BCUT2D eigenvalue weighted by atomic mass is 16.2. The fourth-order valence-corrected chi connectivity index (χ4v) is 1.56. The highest BCUT2D eigenvalue weighted by Gasteiger charge is 2.29. The Bertz CT molecular complexity index is 216. The van der Waals surface area contributed by atoms with Crippen LogP contribution in [0.4, 0.5) is 0 Å². The zero-order chi connectivity index (χ0) is 9.84. The van der Waals surface area contributed by atoms with E-state index in [1.165, 1.54) is 0 Å². The predicted octanol–water partition coefficient (Wildman–Crippen LogP) is 0.0770. The van der Waals surface area contributed by atoms with Gasteiger partial charge in [-0.25, -0.2) is 0 Å². The molecule has 4 heteroatoms. The van der Waals surface area contributed by atoms with Crippen LogP contribution < -0.4 is 5.73 Å². The third-order valence-corrected chi connectivity index (χ3v) is 2.29. The Kier molecular flexibility index (Phi) is 3.28. The molecule has 1 aliphatic heterocycles. The maximum atomic E-state index is 11.4. The second kappa shape index (κ2) is 4.25. The monoisotopic (exact) mass is 183 g/mol. The molecule has 4 nitrogen and oxygen atoms in total. The molecule has 1 radical (unpaired) electrons. The number of carbonyl (C=O) groups excluding carboxylic acids is 2. The van der Waals surface area contributed by atoms with E-state index in [1.54, 1.807) is 11.8 Å². The molecule has 1 atom stereocenters. The van der Waals surface area contributed by atoms with Crippen molar-refractivity contribution >= 4 is 11.8 Å². The van der Waals surface area contributed by atoms with E-state index in [-0.39, 0.29) is 5.91 Å². The third kappa shape index (κ3) is 2.20. The molecule has 1 heterocycles. The topological polar surface area (TPSA) is 63.4 Å². The Labute approximate surface area is 78.1 Å². The Morgan fingerprint density at radius 3 is 2.85 bits per heavy atom. The average Bonchev–Trinajstić information content (AvgIpc) is 2.16. The Balaban J connectivity index is 2.67. The fourth-order valence-electron chi connectivity index (χ4n) is 1.56. The molecule has 1 fully saturated rings. The van der Waals surface area contributed by atoms with Gasteiger partial charge in [-0.1, -0.05) is 6.92 Å². The van der Waals surface area contributed by atoms with Gasteiger partial charge in [-0.2, -0.15) is 0 Å². The van der Waals surface area contributed by atoms with Crippen LogP contribution in [-0.4, -0.2) is 29.3 Å². The van der Waals surface area contributed by atoms with Gasteiger partial charge in [0.2, 0.25) is 11.8 Å². The molecule has 1 saturated heterocycles. The lowest BCUT2D eigenvalue weighted by atomic mass is 10.0. The summed E-state index contributed by atoms with van der Waals surface area (Å²) in [4.78, 5) is 24.0. The summed E-state index contributed by atoms with van der Waals surface area (Å²) in [5.74, 6) is -0.394. The standard InChI is InChI=1S/C9H15N2O2/c1-2-8(12)11-6-4-3-5-7(11)9(10)13/h3,7H,2,4-6H2,1H3,(H2,10,13). The van der Waals surface area contributed by atoms with E-state index in [2.05, 4.69) is 0 Å². The summed E-state index contributed by atoms with van der Waals surface area (Å²) >= 11 is 0. The highest BCUT2D eigenvalue weighted by molar-refractivity contribution is 5.86. The number of nitrogens with two attached hydrogens (primary N) is 1. The lowest BCUT2D eigenvalue weighted by Crippen LogP contribution is -2.50. The second-order valence-corrected chi connectivity index (χ2v) is 3.17.